The molecular weight excluding hydrogens is 1130 g/mol. The number of rotatable bonds is 17. The molecule has 2 aliphatic heterocycles. The SMILES string of the molecule is C.C=C(C)[C@@H]1CC=C(CO)CC1.C=C(C)[C@@H]1CC=C(COC(=O)Cl)CC1.C=C(C)[C@@H]1CC=C(COC(=O)N2CC(c3ccc(OC)c(OC4CCCC4)c3)CC2=O)CC1.COc1ccc(C2CNC(=O)C2)cc1OC1CCCC1.CPO.[CH2-]CCC.[Li+]. The van der Waals surface area contributed by atoms with Gasteiger partial charge < -0.3 is 50.7 Å². The van der Waals surface area contributed by atoms with E-state index in [0.29, 0.717) is 61.5 Å². The van der Waals surface area contributed by atoms with Crippen LogP contribution in [-0.4, -0.2) is 104 Å². The minimum atomic E-state index is -0.729. The summed E-state index contributed by atoms with van der Waals surface area (Å²) in [6, 6.07) is 11.8. The van der Waals surface area contributed by atoms with E-state index in [0.717, 1.165) is 117 Å². The predicted molar refractivity (Wildman–Crippen MR) is 351 cm³/mol. The number of imide groups is 1. The first kappa shape index (κ1) is 78.3. The van der Waals surface area contributed by atoms with Crippen LogP contribution in [0.4, 0.5) is 9.59 Å². The molecule has 2 saturated heterocycles. The van der Waals surface area contributed by atoms with Crippen molar-refractivity contribution in [3.63, 3.8) is 0 Å². The molecule has 0 aromatic heterocycles. The summed E-state index contributed by atoms with van der Waals surface area (Å²) in [5.74, 6) is 4.87. The zero-order valence-electron chi connectivity index (χ0n) is 53.3. The summed E-state index contributed by atoms with van der Waals surface area (Å²) < 4.78 is 33.4. The number of nitrogens with zero attached hydrogens (tertiary/aromatic N) is 1. The van der Waals surface area contributed by atoms with Crippen molar-refractivity contribution >= 4 is 43.7 Å². The summed E-state index contributed by atoms with van der Waals surface area (Å²) in [5, 5.41) is 11.7. The summed E-state index contributed by atoms with van der Waals surface area (Å²) in [4.78, 5) is 55.8. The van der Waals surface area contributed by atoms with Crippen LogP contribution in [0.2, 0.25) is 0 Å². The van der Waals surface area contributed by atoms with E-state index in [-0.39, 0.29) is 84.5 Å². The molecule has 0 spiro atoms. The Kier molecular flexibility index (Phi) is 38.7. The van der Waals surface area contributed by atoms with Crippen LogP contribution in [0.5, 0.6) is 23.0 Å². The number of amides is 3. The van der Waals surface area contributed by atoms with E-state index in [4.69, 9.17) is 50.0 Å². The van der Waals surface area contributed by atoms with Gasteiger partial charge in [0.25, 0.3) is 0 Å². The standard InChI is InChI=1S/C27H35NO5.C16H21NO3.C11H15ClO2.C10H16O.C4H9.CH5OP.CH4.Li/c1-18(2)20-10-8-19(9-11-20)17-32-27(30)28-16-22(15-26(28)29)21-12-13-24(31-3)25(14-21)33-23-6-4-5-7-23;1-19-14-7-6-11(12-9-16(18)17-10-12)8-15(14)20-13-4-2-3-5-13;1-8(2)10-5-3-9(4-6-10)7-14-11(12)13;1-8(2)10-5-3-9(7-11)4-6-10;1-3-4-2;1-3-2;;/h8,12-14,20,22-23H,1,4-7,9-11,15-17H2,2-3H3;6-8,12-13H,2-5,9-10H2,1H3,(H,17,18);3,10H,1,4-7H2,2H3;3,10-11H,1,4-7H2,2H3;1,3-4H2,2H3;2-3H,1H3;1H4;/q;;;;-1;;;+1/t20-,22?;;2*10-;;;;/m1.11..../s1. The minimum absolute atomic E-state index is 0. The van der Waals surface area contributed by atoms with Crippen LogP contribution in [0.25, 0.3) is 0 Å². The number of hydrogen-bond acceptors (Lipinski definition) is 12. The summed E-state index contributed by atoms with van der Waals surface area (Å²) in [6.45, 7) is 27.4. The molecule has 0 bridgehead atoms. The Morgan fingerprint density at radius 1 is 0.690 bits per heavy atom. The second-order valence-corrected chi connectivity index (χ2v) is 24.1. The Hall–Kier alpha value is -4.80. The van der Waals surface area contributed by atoms with Crippen LogP contribution in [0.1, 0.15) is 193 Å². The van der Waals surface area contributed by atoms with Gasteiger partial charge in [-0.3, -0.25) is 9.59 Å². The van der Waals surface area contributed by atoms with E-state index >= 15 is 0 Å². The van der Waals surface area contributed by atoms with E-state index in [9.17, 15) is 19.2 Å². The fraction of sp³-hybridized carbons (Fsp3) is 0.586. The number of carbonyl (C=O) groups is 4. The van der Waals surface area contributed by atoms with Crippen LogP contribution in [0.3, 0.4) is 0 Å². The van der Waals surface area contributed by atoms with Gasteiger partial charge in [0.15, 0.2) is 23.0 Å². The van der Waals surface area contributed by atoms with Crippen molar-refractivity contribution in [3.05, 3.63) is 126 Å². The molecule has 5 aliphatic carbocycles. The second kappa shape index (κ2) is 43.0. The number of likely N-dealkylation sites (tertiary alicyclic amines) is 1. The van der Waals surface area contributed by atoms with Crippen molar-refractivity contribution in [2.75, 3.05) is 53.8 Å². The first-order chi connectivity index (χ1) is 40.9. The van der Waals surface area contributed by atoms with Gasteiger partial charge >= 0.3 is 30.4 Å². The van der Waals surface area contributed by atoms with Crippen LogP contribution >= 0.6 is 20.4 Å². The summed E-state index contributed by atoms with van der Waals surface area (Å²) in [7, 11) is 3.38. The molecule has 2 aromatic carbocycles. The first-order valence-corrected chi connectivity index (χ1v) is 32.6. The molecule has 3 unspecified atom stereocenters. The number of methoxy groups -OCH3 is 2. The number of ether oxygens (including phenoxy) is 6. The average molecular weight is 1240 g/mol. The molecule has 3 N–H and O–H groups in total. The average Bonchev–Trinajstić information content (AvgIpc) is 3.75. The molecule has 6 atom stereocenters. The fourth-order valence-electron chi connectivity index (χ4n) is 11.2. The van der Waals surface area contributed by atoms with Gasteiger partial charge in [-0.25, -0.2) is 14.5 Å². The molecule has 9 rings (SSSR count). The second-order valence-electron chi connectivity index (χ2n) is 23.3. The van der Waals surface area contributed by atoms with Crippen molar-refractivity contribution in [1.29, 1.82) is 0 Å². The van der Waals surface area contributed by atoms with E-state index in [2.05, 4.69) is 77.9 Å². The summed E-state index contributed by atoms with van der Waals surface area (Å²) in [6.07, 6.45) is 28.0. The number of carbonyl (C=O) groups excluding carboxylic acids is 4. The van der Waals surface area contributed by atoms with Crippen LogP contribution in [-0.2, 0) is 19.1 Å². The van der Waals surface area contributed by atoms with Crippen molar-refractivity contribution in [2.45, 2.75) is 194 Å². The van der Waals surface area contributed by atoms with Gasteiger partial charge in [0.2, 0.25) is 11.8 Å². The van der Waals surface area contributed by atoms with Crippen molar-refractivity contribution in [3.8, 4) is 23.0 Å². The Morgan fingerprint density at radius 2 is 1.10 bits per heavy atom. The molecule has 480 valence electrons. The van der Waals surface area contributed by atoms with Crippen LogP contribution in [0, 0.1) is 24.7 Å². The molecule has 2 saturated carbocycles. The third-order valence-corrected chi connectivity index (χ3v) is 16.9. The molecule has 17 heteroatoms. The molecule has 7 aliphatic rings. The van der Waals surface area contributed by atoms with E-state index in [1.807, 2.05) is 36.4 Å². The van der Waals surface area contributed by atoms with Gasteiger partial charge in [-0.05, 0) is 206 Å². The summed E-state index contributed by atoms with van der Waals surface area (Å²) in [5.41, 5.74) is 8.59. The normalized spacial score (nSPS) is 21.3. The topological polar surface area (TPSA) is 179 Å². The molecule has 2 aromatic rings. The molecule has 14 nitrogen and oxygen atoms in total. The maximum Gasteiger partial charge on any atom is 1.00 e. The third-order valence-electron chi connectivity index (χ3n) is 16.7. The van der Waals surface area contributed by atoms with Crippen LogP contribution in [0.15, 0.2) is 108 Å². The van der Waals surface area contributed by atoms with Gasteiger partial charge in [-0.2, -0.15) is 6.42 Å². The zero-order valence-corrected chi connectivity index (χ0v) is 55.0. The number of allylic oxidation sites excluding steroid dienone is 6. The largest absolute Gasteiger partial charge is 1.00 e. The fourth-order valence-corrected chi connectivity index (χ4v) is 11.2. The maximum absolute atomic E-state index is 12.6. The Labute approximate surface area is 541 Å². The molecule has 2 heterocycles. The van der Waals surface area contributed by atoms with Crippen LogP contribution < -0.4 is 43.1 Å². The first-order valence-electron chi connectivity index (χ1n) is 30.8. The van der Waals surface area contributed by atoms with E-state index in [1.54, 1.807) is 20.9 Å². The number of aliphatic hydroxyl groups excluding tert-OH is 1. The van der Waals surface area contributed by atoms with Crippen molar-refractivity contribution < 1.29 is 76.5 Å². The smallest absolute Gasteiger partial charge is 0.493 e. The predicted octanol–water partition coefficient (Wildman–Crippen LogP) is 13.8. The van der Waals surface area contributed by atoms with Gasteiger partial charge in [-0.1, -0.05) is 87.6 Å². The number of nitrogens with one attached hydrogen (secondary N) is 1. The quantitative estimate of drug-likeness (QED) is 0.0449. The molecule has 4 fully saturated rings. The molecule has 87 heavy (non-hydrogen) atoms. The molecular formula is C70H105ClLiN2O12P. The number of halogens is 1. The molecule has 0 radical (unpaired) electrons. The van der Waals surface area contributed by atoms with Gasteiger partial charge in [-0.15, -0.1) is 0 Å². The zero-order chi connectivity index (χ0) is 62.3. The van der Waals surface area contributed by atoms with Gasteiger partial charge in [0.1, 0.15) is 13.2 Å². The number of hydrogen-bond donors (Lipinski definition) is 3. The summed E-state index contributed by atoms with van der Waals surface area (Å²) >= 11 is 5.07. The number of aliphatic hydroxyl groups is 1. The number of unbranched alkanes of at least 4 members (excludes halogenated alkanes) is 1. The number of benzene rings is 2. The Morgan fingerprint density at radius 3 is 1.45 bits per heavy atom. The maximum atomic E-state index is 12.6. The van der Waals surface area contributed by atoms with Crippen molar-refractivity contribution in [2.24, 2.45) is 17.8 Å². The van der Waals surface area contributed by atoms with Gasteiger partial charge in [0, 0.05) is 58.2 Å². The monoisotopic (exact) mass is 1240 g/mol. The third kappa shape index (κ3) is 27.9. The van der Waals surface area contributed by atoms with Crippen molar-refractivity contribution in [1.82, 2.24) is 10.2 Å². The Bertz CT molecular complexity index is 2570. The van der Waals surface area contributed by atoms with E-state index in [1.165, 1.54) is 65.7 Å². The van der Waals surface area contributed by atoms with E-state index < -0.39 is 11.5 Å². The Balaban J connectivity index is 0.000000408. The molecule has 3 amide bonds. The minimum Gasteiger partial charge on any atom is -0.493 e. The van der Waals surface area contributed by atoms with Gasteiger partial charge in [0.05, 0.1) is 33.0 Å².